The summed E-state index contributed by atoms with van der Waals surface area (Å²) >= 11 is 0. The number of nitrogens with zero attached hydrogens (tertiary/aromatic N) is 1. The third-order valence-electron chi connectivity index (χ3n) is 5.38. The van der Waals surface area contributed by atoms with Crippen LogP contribution in [-0.2, 0) is 14.3 Å². The van der Waals surface area contributed by atoms with E-state index in [1.807, 2.05) is 32.9 Å². The first-order valence-electron chi connectivity index (χ1n) is 11.3. The fraction of sp³-hybridized carbons (Fsp3) is 0.385. The zero-order valence-electron chi connectivity index (χ0n) is 19.4. The van der Waals surface area contributed by atoms with Crippen LogP contribution in [0.4, 0.5) is 0 Å². The van der Waals surface area contributed by atoms with Crippen LogP contribution in [0.5, 0.6) is 11.5 Å². The molecule has 0 aliphatic carbocycles. The summed E-state index contributed by atoms with van der Waals surface area (Å²) in [7, 11) is 0. The summed E-state index contributed by atoms with van der Waals surface area (Å²) in [5, 5.41) is 11.1. The van der Waals surface area contributed by atoms with E-state index in [4.69, 9.17) is 14.2 Å². The predicted molar refractivity (Wildman–Crippen MR) is 125 cm³/mol. The Labute approximate surface area is 194 Å². The highest BCUT2D eigenvalue weighted by molar-refractivity contribution is 6.46. The van der Waals surface area contributed by atoms with E-state index < -0.39 is 17.7 Å². The molecule has 0 unspecified atom stereocenters. The number of carbonyl (C=O) groups excluding carboxylic acids is 2. The summed E-state index contributed by atoms with van der Waals surface area (Å²) in [5.74, 6) is -0.174. The molecule has 176 valence electrons. The Morgan fingerprint density at radius 1 is 0.879 bits per heavy atom. The van der Waals surface area contributed by atoms with E-state index in [0.717, 1.165) is 5.56 Å². The van der Waals surface area contributed by atoms with Crippen LogP contribution in [0.1, 0.15) is 44.4 Å². The molecule has 1 aliphatic rings. The molecule has 0 aromatic heterocycles. The van der Waals surface area contributed by atoms with E-state index in [2.05, 4.69) is 0 Å². The third kappa shape index (κ3) is 5.54. The van der Waals surface area contributed by atoms with Crippen LogP contribution in [-0.4, -0.2) is 54.7 Å². The zero-order valence-corrected chi connectivity index (χ0v) is 19.4. The number of carbonyl (C=O) groups is 2. The molecule has 1 aliphatic heterocycles. The van der Waals surface area contributed by atoms with Crippen molar-refractivity contribution in [3.05, 3.63) is 65.2 Å². The fourth-order valence-corrected chi connectivity index (χ4v) is 3.88. The molecule has 7 heteroatoms. The van der Waals surface area contributed by atoms with Crippen molar-refractivity contribution >= 4 is 17.4 Å². The number of likely N-dealkylation sites (tertiary alicyclic amines) is 1. The maximum atomic E-state index is 13.1. The van der Waals surface area contributed by atoms with E-state index in [9.17, 15) is 14.7 Å². The first kappa shape index (κ1) is 24.3. The Morgan fingerprint density at radius 3 is 2.00 bits per heavy atom. The molecule has 1 saturated heterocycles. The number of amides is 1. The van der Waals surface area contributed by atoms with E-state index in [1.165, 1.54) is 4.90 Å². The second-order valence-corrected chi connectivity index (χ2v) is 7.50. The second-order valence-electron chi connectivity index (χ2n) is 7.50. The van der Waals surface area contributed by atoms with Crippen LogP contribution in [0.15, 0.2) is 54.1 Å². The van der Waals surface area contributed by atoms with Crippen molar-refractivity contribution in [3.63, 3.8) is 0 Å². The summed E-state index contributed by atoms with van der Waals surface area (Å²) in [6.45, 7) is 8.15. The third-order valence-corrected chi connectivity index (χ3v) is 5.38. The quantitative estimate of drug-likeness (QED) is 0.236. The maximum absolute atomic E-state index is 13.1. The Morgan fingerprint density at radius 2 is 1.45 bits per heavy atom. The molecule has 1 amide bonds. The molecular weight excluding hydrogens is 422 g/mol. The number of hydrogen-bond donors (Lipinski definition) is 1. The smallest absolute Gasteiger partial charge is 0.295 e. The monoisotopic (exact) mass is 453 g/mol. The van der Waals surface area contributed by atoms with Crippen molar-refractivity contribution < 1.29 is 28.9 Å². The molecule has 2 aromatic carbocycles. The van der Waals surface area contributed by atoms with Gasteiger partial charge in [0.1, 0.15) is 17.3 Å². The average Bonchev–Trinajstić information content (AvgIpc) is 3.08. The lowest BCUT2D eigenvalue weighted by atomic mass is 9.95. The molecule has 0 bridgehead atoms. The van der Waals surface area contributed by atoms with Gasteiger partial charge in [-0.15, -0.1) is 0 Å². The van der Waals surface area contributed by atoms with E-state index in [1.54, 1.807) is 36.4 Å². The average molecular weight is 454 g/mol. The van der Waals surface area contributed by atoms with Crippen LogP contribution >= 0.6 is 0 Å². The summed E-state index contributed by atoms with van der Waals surface area (Å²) in [6, 6.07) is 13.4. The minimum absolute atomic E-state index is 0.0738. The van der Waals surface area contributed by atoms with Gasteiger partial charge in [0.15, 0.2) is 0 Å². The molecule has 3 rings (SSSR count). The topological polar surface area (TPSA) is 85.3 Å². The van der Waals surface area contributed by atoms with Gasteiger partial charge < -0.3 is 24.2 Å². The van der Waals surface area contributed by atoms with Gasteiger partial charge >= 0.3 is 0 Å². The predicted octanol–water partition coefficient (Wildman–Crippen LogP) is 4.33. The molecule has 7 nitrogen and oxygen atoms in total. The minimum atomic E-state index is -0.700. The minimum Gasteiger partial charge on any atom is -0.507 e. The number of benzene rings is 2. The van der Waals surface area contributed by atoms with Crippen LogP contribution in [0, 0.1) is 0 Å². The standard InChI is InChI=1S/C26H31NO6/c1-4-31-17-7-16-27-23(18-8-12-20(13-9-18)32-5-2)22(25(29)26(27)30)24(28)19-10-14-21(15-11-19)33-6-3/h8-15,23,28H,4-7,16-17H2,1-3H3/t23-/m1/s1. The Kier molecular flexibility index (Phi) is 8.49. The molecule has 33 heavy (non-hydrogen) atoms. The summed E-state index contributed by atoms with van der Waals surface area (Å²) in [4.78, 5) is 27.5. The summed E-state index contributed by atoms with van der Waals surface area (Å²) in [5.41, 5.74) is 1.24. The Balaban J connectivity index is 2.01. The van der Waals surface area contributed by atoms with E-state index in [0.29, 0.717) is 56.5 Å². The largest absolute Gasteiger partial charge is 0.507 e. The van der Waals surface area contributed by atoms with E-state index >= 15 is 0 Å². The van der Waals surface area contributed by atoms with Crippen LogP contribution < -0.4 is 9.47 Å². The molecule has 0 spiro atoms. The van der Waals surface area contributed by atoms with Gasteiger partial charge in [0.25, 0.3) is 11.7 Å². The Hall–Kier alpha value is -3.32. The summed E-state index contributed by atoms with van der Waals surface area (Å²) < 4.78 is 16.4. The number of ketones is 1. The summed E-state index contributed by atoms with van der Waals surface area (Å²) in [6.07, 6.45) is 0.581. The van der Waals surface area contributed by atoms with Gasteiger partial charge in [-0.1, -0.05) is 12.1 Å². The van der Waals surface area contributed by atoms with Crippen molar-refractivity contribution in [1.29, 1.82) is 0 Å². The first-order chi connectivity index (χ1) is 16.0. The van der Waals surface area contributed by atoms with Gasteiger partial charge in [0.2, 0.25) is 0 Å². The van der Waals surface area contributed by atoms with Gasteiger partial charge in [-0.05, 0) is 69.2 Å². The lowest BCUT2D eigenvalue weighted by Crippen LogP contribution is -2.31. The number of Topliss-reactive ketones (excluding diaryl/α,β-unsaturated/α-hetero) is 1. The SMILES string of the molecule is CCOCCCN1C(=O)C(=O)C(=C(O)c2ccc(OCC)cc2)[C@H]1c1ccc(OCC)cc1. The molecule has 0 radical (unpaired) electrons. The highest BCUT2D eigenvalue weighted by Crippen LogP contribution is 2.40. The normalized spacial score (nSPS) is 17.4. The van der Waals surface area contributed by atoms with E-state index in [-0.39, 0.29) is 11.3 Å². The Bertz CT molecular complexity index is 981. The lowest BCUT2D eigenvalue weighted by Gasteiger charge is -2.25. The number of rotatable bonds is 11. The number of aliphatic hydroxyl groups is 1. The molecule has 1 N–H and O–H groups in total. The molecule has 0 saturated carbocycles. The molecule has 2 aromatic rings. The van der Waals surface area contributed by atoms with Gasteiger partial charge in [-0.25, -0.2) is 0 Å². The van der Waals surface area contributed by atoms with Crippen molar-refractivity contribution in [2.24, 2.45) is 0 Å². The maximum Gasteiger partial charge on any atom is 0.295 e. The van der Waals surface area contributed by atoms with Crippen LogP contribution in [0.3, 0.4) is 0 Å². The van der Waals surface area contributed by atoms with Gasteiger partial charge in [0, 0.05) is 25.3 Å². The lowest BCUT2D eigenvalue weighted by molar-refractivity contribution is -0.140. The number of ether oxygens (including phenoxy) is 3. The van der Waals surface area contributed by atoms with Crippen LogP contribution in [0.2, 0.25) is 0 Å². The molecule has 1 atom stereocenters. The first-order valence-corrected chi connectivity index (χ1v) is 11.3. The van der Waals surface area contributed by atoms with Crippen molar-refractivity contribution in [2.75, 3.05) is 33.0 Å². The number of hydrogen-bond acceptors (Lipinski definition) is 6. The van der Waals surface area contributed by atoms with Gasteiger partial charge in [-0.2, -0.15) is 0 Å². The highest BCUT2D eigenvalue weighted by atomic mass is 16.5. The fourth-order valence-electron chi connectivity index (χ4n) is 3.88. The highest BCUT2D eigenvalue weighted by Gasteiger charge is 2.45. The molecule has 1 heterocycles. The van der Waals surface area contributed by atoms with Gasteiger partial charge in [0.05, 0.1) is 24.8 Å². The molecular formula is C26H31NO6. The number of aliphatic hydroxyl groups excluding tert-OH is 1. The van der Waals surface area contributed by atoms with Crippen molar-refractivity contribution in [3.8, 4) is 11.5 Å². The van der Waals surface area contributed by atoms with Gasteiger partial charge in [-0.3, -0.25) is 9.59 Å². The molecule has 1 fully saturated rings. The second kappa shape index (κ2) is 11.5. The van der Waals surface area contributed by atoms with Crippen LogP contribution in [0.25, 0.3) is 5.76 Å². The van der Waals surface area contributed by atoms with Crippen molar-refractivity contribution in [1.82, 2.24) is 4.90 Å². The zero-order chi connectivity index (χ0) is 23.8. The van der Waals surface area contributed by atoms with Crippen molar-refractivity contribution in [2.45, 2.75) is 33.2 Å².